The number of hydrogen-bond donors (Lipinski definition) is 3. The molecule has 0 saturated heterocycles. The van der Waals surface area contributed by atoms with Gasteiger partial charge < -0.3 is 25.8 Å². The third kappa shape index (κ3) is 19.9. The summed E-state index contributed by atoms with van der Waals surface area (Å²) < 4.78 is 5.29. The highest BCUT2D eigenvalue weighted by Crippen LogP contribution is 2.14. The van der Waals surface area contributed by atoms with Gasteiger partial charge in [-0.05, 0) is 40.0 Å². The molecule has 0 unspecified atom stereocenters. The minimum absolute atomic E-state index is 0.0258. The van der Waals surface area contributed by atoms with E-state index in [1.54, 1.807) is 25.7 Å². The Bertz CT molecular complexity index is 648. The smallest absolute Gasteiger partial charge is 0.408 e. The quantitative estimate of drug-likeness (QED) is 0.181. The molecule has 1 atom stereocenters. The van der Waals surface area contributed by atoms with Crippen LogP contribution in [0.25, 0.3) is 0 Å². The predicted molar refractivity (Wildman–Crippen MR) is 141 cm³/mol. The monoisotopic (exact) mass is 513 g/mol. The van der Waals surface area contributed by atoms with Crippen LogP contribution >= 0.6 is 0 Å². The van der Waals surface area contributed by atoms with E-state index in [9.17, 15) is 19.2 Å². The summed E-state index contributed by atoms with van der Waals surface area (Å²) in [5.41, 5.74) is 4.57. The highest BCUT2D eigenvalue weighted by molar-refractivity contribution is 5.86. The summed E-state index contributed by atoms with van der Waals surface area (Å²) in [6.07, 6.45) is 12.6. The Morgan fingerprint density at radius 2 is 1.36 bits per heavy atom. The molecular formula is C27H51N3O6. The van der Waals surface area contributed by atoms with Crippen molar-refractivity contribution in [2.24, 2.45) is 5.73 Å². The van der Waals surface area contributed by atoms with E-state index in [2.05, 4.69) is 12.2 Å². The van der Waals surface area contributed by atoms with Crippen LogP contribution in [0.15, 0.2) is 0 Å². The van der Waals surface area contributed by atoms with Gasteiger partial charge in [-0.3, -0.25) is 14.4 Å². The predicted octanol–water partition coefficient (Wildman–Crippen LogP) is 5.15. The number of unbranched alkanes of at least 4 members (excludes halogenated alkanes) is 10. The van der Waals surface area contributed by atoms with Gasteiger partial charge in [0, 0.05) is 25.9 Å². The molecule has 0 aliphatic heterocycles. The fraction of sp³-hybridized carbons (Fsp3) is 0.852. The van der Waals surface area contributed by atoms with Gasteiger partial charge in [-0.1, -0.05) is 71.1 Å². The number of carboxylic acids is 1. The molecule has 0 aliphatic rings. The van der Waals surface area contributed by atoms with Crippen molar-refractivity contribution >= 4 is 23.9 Å². The largest absolute Gasteiger partial charge is 0.481 e. The second-order valence-electron chi connectivity index (χ2n) is 10.6. The number of carboxylic acid groups (broad SMARTS) is 1. The van der Waals surface area contributed by atoms with Gasteiger partial charge in [-0.2, -0.15) is 0 Å². The lowest BCUT2D eigenvalue weighted by Crippen LogP contribution is -2.50. The van der Waals surface area contributed by atoms with E-state index < -0.39 is 29.6 Å². The number of nitrogens with one attached hydrogen (secondary N) is 1. The number of hydrogen-bond acceptors (Lipinski definition) is 5. The molecule has 0 heterocycles. The zero-order valence-electron chi connectivity index (χ0n) is 23.1. The highest BCUT2D eigenvalue weighted by atomic mass is 16.6. The average Bonchev–Trinajstić information content (AvgIpc) is 2.76. The first-order valence-electron chi connectivity index (χ1n) is 13.7. The van der Waals surface area contributed by atoms with Crippen molar-refractivity contribution in [1.82, 2.24) is 10.2 Å². The van der Waals surface area contributed by atoms with Gasteiger partial charge in [0.2, 0.25) is 11.8 Å². The molecule has 0 fully saturated rings. The van der Waals surface area contributed by atoms with Crippen LogP contribution in [-0.4, -0.2) is 58.6 Å². The topological polar surface area (TPSA) is 139 Å². The molecule has 0 aromatic rings. The van der Waals surface area contributed by atoms with E-state index in [-0.39, 0.29) is 38.1 Å². The first kappa shape index (κ1) is 33.7. The van der Waals surface area contributed by atoms with Crippen molar-refractivity contribution in [1.29, 1.82) is 0 Å². The third-order valence-electron chi connectivity index (χ3n) is 5.84. The Kier molecular flexibility index (Phi) is 18.5. The van der Waals surface area contributed by atoms with E-state index in [4.69, 9.17) is 15.6 Å². The molecule has 0 aromatic carbocycles. The zero-order valence-corrected chi connectivity index (χ0v) is 23.1. The summed E-state index contributed by atoms with van der Waals surface area (Å²) in [5.74, 6) is -1.82. The lowest BCUT2D eigenvalue weighted by atomic mass is 10.1. The van der Waals surface area contributed by atoms with Crippen LogP contribution in [-0.2, 0) is 19.1 Å². The lowest BCUT2D eigenvalue weighted by molar-refractivity contribution is -0.138. The second kappa shape index (κ2) is 19.8. The van der Waals surface area contributed by atoms with Crippen LogP contribution in [0.5, 0.6) is 0 Å². The number of aliphatic carboxylic acids is 1. The number of rotatable bonds is 21. The molecule has 9 heteroatoms. The first-order valence-corrected chi connectivity index (χ1v) is 13.7. The molecule has 0 radical (unpaired) electrons. The number of ether oxygens (including phenoxy) is 1. The molecule has 36 heavy (non-hydrogen) atoms. The van der Waals surface area contributed by atoms with Crippen molar-refractivity contribution in [3.63, 3.8) is 0 Å². The van der Waals surface area contributed by atoms with Crippen LogP contribution in [0.4, 0.5) is 4.79 Å². The molecule has 9 nitrogen and oxygen atoms in total. The minimum atomic E-state index is -0.968. The number of nitrogens with two attached hydrogens (primary N) is 1. The Labute approximate surface area is 217 Å². The summed E-state index contributed by atoms with van der Waals surface area (Å²) in [5, 5.41) is 11.6. The first-order chi connectivity index (χ1) is 17.0. The van der Waals surface area contributed by atoms with E-state index in [0.717, 1.165) is 19.3 Å². The van der Waals surface area contributed by atoms with Crippen LogP contribution in [0.1, 0.15) is 124 Å². The molecule has 0 bridgehead atoms. The van der Waals surface area contributed by atoms with Crippen LogP contribution in [0.3, 0.4) is 0 Å². The van der Waals surface area contributed by atoms with Gasteiger partial charge in [0.25, 0.3) is 0 Å². The molecular weight excluding hydrogens is 462 g/mol. The van der Waals surface area contributed by atoms with Crippen molar-refractivity contribution in [2.45, 2.75) is 136 Å². The number of nitrogens with zero attached hydrogens (tertiary/aromatic N) is 1. The summed E-state index contributed by atoms with van der Waals surface area (Å²) in [6, 6.07) is -0.931. The SMILES string of the molecule is CCCCCCCCCCCCCN(CCC(N)=O)C(=O)[C@H](CCCC(=O)O)NC(=O)OC(C)(C)C. The van der Waals surface area contributed by atoms with E-state index in [1.807, 2.05) is 0 Å². The average molecular weight is 514 g/mol. The van der Waals surface area contributed by atoms with Crippen molar-refractivity contribution in [3.05, 3.63) is 0 Å². The van der Waals surface area contributed by atoms with Gasteiger partial charge in [0.15, 0.2) is 0 Å². The second-order valence-corrected chi connectivity index (χ2v) is 10.6. The van der Waals surface area contributed by atoms with Gasteiger partial charge in [0.05, 0.1) is 0 Å². The van der Waals surface area contributed by atoms with E-state index >= 15 is 0 Å². The lowest BCUT2D eigenvalue weighted by Gasteiger charge is -2.29. The van der Waals surface area contributed by atoms with Crippen molar-refractivity contribution < 1.29 is 29.0 Å². The number of primary amides is 1. The molecule has 0 rings (SSSR count). The summed E-state index contributed by atoms with van der Waals surface area (Å²) in [4.78, 5) is 49.5. The number of carbonyl (C=O) groups is 4. The van der Waals surface area contributed by atoms with Crippen molar-refractivity contribution in [3.8, 4) is 0 Å². The fourth-order valence-corrected chi connectivity index (χ4v) is 3.93. The summed E-state index contributed by atoms with van der Waals surface area (Å²) >= 11 is 0. The minimum Gasteiger partial charge on any atom is -0.481 e. The third-order valence-corrected chi connectivity index (χ3v) is 5.84. The van der Waals surface area contributed by atoms with E-state index in [0.29, 0.717) is 6.54 Å². The molecule has 210 valence electrons. The normalized spacial score (nSPS) is 12.1. The highest BCUT2D eigenvalue weighted by Gasteiger charge is 2.28. The zero-order chi connectivity index (χ0) is 27.4. The van der Waals surface area contributed by atoms with Crippen LogP contribution in [0.2, 0.25) is 0 Å². The molecule has 0 spiro atoms. The Hall–Kier alpha value is -2.32. The maximum Gasteiger partial charge on any atom is 0.408 e. The van der Waals surface area contributed by atoms with E-state index in [1.165, 1.54) is 51.4 Å². The molecule has 0 aliphatic carbocycles. The molecule has 0 aromatic heterocycles. The summed E-state index contributed by atoms with van der Waals surface area (Å²) in [6.45, 7) is 8.00. The van der Waals surface area contributed by atoms with Gasteiger partial charge in [-0.15, -0.1) is 0 Å². The Balaban J connectivity index is 4.82. The Morgan fingerprint density at radius 3 is 1.83 bits per heavy atom. The van der Waals surface area contributed by atoms with Crippen LogP contribution in [0, 0.1) is 0 Å². The number of amides is 3. The van der Waals surface area contributed by atoms with Gasteiger partial charge >= 0.3 is 12.1 Å². The fourth-order valence-electron chi connectivity index (χ4n) is 3.93. The summed E-state index contributed by atoms with van der Waals surface area (Å²) in [7, 11) is 0. The maximum absolute atomic E-state index is 13.3. The standard InChI is InChI=1S/C27H51N3O6/c1-5-6-7-8-9-10-11-12-13-14-15-20-30(21-19-23(28)31)25(34)22(17-16-18-24(32)33)29-26(35)36-27(2,3)4/h22H,5-21H2,1-4H3,(H2,28,31)(H,29,35)(H,32,33)/t22-/m0/s1. The maximum atomic E-state index is 13.3. The van der Waals surface area contributed by atoms with Crippen molar-refractivity contribution in [2.75, 3.05) is 13.1 Å². The number of alkyl carbamates (subject to hydrolysis) is 1. The molecule has 0 saturated carbocycles. The number of carbonyl (C=O) groups excluding carboxylic acids is 3. The molecule has 4 N–H and O–H groups in total. The van der Waals surface area contributed by atoms with Crippen LogP contribution < -0.4 is 11.1 Å². The van der Waals surface area contributed by atoms with Gasteiger partial charge in [0.1, 0.15) is 11.6 Å². The molecule has 3 amide bonds. The van der Waals surface area contributed by atoms with Gasteiger partial charge in [-0.25, -0.2) is 4.79 Å². The Morgan fingerprint density at radius 1 is 0.833 bits per heavy atom.